The third-order valence-electron chi connectivity index (χ3n) is 5.54. The third-order valence-corrected chi connectivity index (χ3v) is 5.54. The van der Waals surface area contributed by atoms with E-state index in [4.69, 9.17) is 0 Å². The van der Waals surface area contributed by atoms with E-state index in [9.17, 15) is 4.79 Å². The molecule has 30 heavy (non-hydrogen) atoms. The molecule has 3 aromatic rings. The smallest absolute Gasteiger partial charge is 0.278 e. The van der Waals surface area contributed by atoms with Crippen LogP contribution in [-0.4, -0.2) is 63.9 Å². The maximum absolute atomic E-state index is 12.8. The first-order valence-electron chi connectivity index (χ1n) is 10.3. The Morgan fingerprint density at radius 3 is 2.57 bits per heavy atom. The van der Waals surface area contributed by atoms with E-state index in [0.29, 0.717) is 11.4 Å². The van der Waals surface area contributed by atoms with Crippen LogP contribution in [0.1, 0.15) is 27.3 Å². The summed E-state index contributed by atoms with van der Waals surface area (Å²) in [7, 11) is 2.16. The number of aromatic nitrogens is 3. The van der Waals surface area contributed by atoms with Gasteiger partial charge >= 0.3 is 0 Å². The predicted octanol–water partition coefficient (Wildman–Crippen LogP) is 2.88. The first-order chi connectivity index (χ1) is 14.5. The van der Waals surface area contributed by atoms with Crippen LogP contribution in [0.25, 0.3) is 5.69 Å². The van der Waals surface area contributed by atoms with E-state index < -0.39 is 0 Å². The average Bonchev–Trinajstić information content (AvgIpc) is 3.11. The van der Waals surface area contributed by atoms with Crippen molar-refractivity contribution in [3.63, 3.8) is 0 Å². The highest BCUT2D eigenvalue weighted by Gasteiger charge is 2.18. The lowest BCUT2D eigenvalue weighted by Crippen LogP contribution is -2.43. The van der Waals surface area contributed by atoms with Crippen molar-refractivity contribution in [3.8, 4) is 5.69 Å². The number of anilines is 1. The van der Waals surface area contributed by atoms with E-state index in [1.165, 1.54) is 5.56 Å². The van der Waals surface area contributed by atoms with Crippen LogP contribution in [0.5, 0.6) is 0 Å². The second-order valence-electron chi connectivity index (χ2n) is 8.01. The van der Waals surface area contributed by atoms with Crippen LogP contribution in [0, 0.1) is 13.8 Å². The summed E-state index contributed by atoms with van der Waals surface area (Å²) in [5.74, 6) is -0.247. The molecule has 0 unspecified atom stereocenters. The molecule has 0 bridgehead atoms. The van der Waals surface area contributed by atoms with Gasteiger partial charge in [0.15, 0.2) is 5.69 Å². The average molecular weight is 405 g/mol. The number of carbonyl (C=O) groups is 1. The van der Waals surface area contributed by atoms with Crippen molar-refractivity contribution in [2.24, 2.45) is 0 Å². The maximum atomic E-state index is 12.8. The summed E-state index contributed by atoms with van der Waals surface area (Å²) in [6.45, 7) is 9.08. The minimum absolute atomic E-state index is 0.247. The molecule has 7 heteroatoms. The van der Waals surface area contributed by atoms with Gasteiger partial charge in [-0.3, -0.25) is 9.69 Å². The second kappa shape index (κ2) is 8.77. The molecule has 1 aromatic heterocycles. The fourth-order valence-corrected chi connectivity index (χ4v) is 3.75. The Labute approximate surface area is 177 Å². The summed E-state index contributed by atoms with van der Waals surface area (Å²) in [4.78, 5) is 17.6. The molecule has 0 radical (unpaired) electrons. The molecular weight excluding hydrogens is 376 g/mol. The molecule has 1 aliphatic heterocycles. The molecule has 7 nitrogen and oxygen atoms in total. The predicted molar refractivity (Wildman–Crippen MR) is 118 cm³/mol. The highest BCUT2D eigenvalue weighted by atomic mass is 16.2. The summed E-state index contributed by atoms with van der Waals surface area (Å²) in [5, 5.41) is 11.3. The summed E-state index contributed by atoms with van der Waals surface area (Å²) in [6, 6.07) is 16.0. The van der Waals surface area contributed by atoms with Gasteiger partial charge in [-0.05, 0) is 56.3 Å². The SMILES string of the molecule is Cc1cccc(-n2nnc(C(=O)Nc3cccc(CN4CCN(C)CC4)c3)c2C)c1. The Hall–Kier alpha value is -3.03. The lowest BCUT2D eigenvalue weighted by atomic mass is 10.1. The number of nitrogens with one attached hydrogen (secondary N) is 1. The summed E-state index contributed by atoms with van der Waals surface area (Å²) in [5.41, 5.74) is 5.04. The molecule has 2 heterocycles. The van der Waals surface area contributed by atoms with Gasteiger partial charge in [0.2, 0.25) is 0 Å². The molecule has 0 atom stereocenters. The molecule has 0 aliphatic carbocycles. The van der Waals surface area contributed by atoms with Crippen molar-refractivity contribution < 1.29 is 4.79 Å². The lowest BCUT2D eigenvalue weighted by Gasteiger charge is -2.32. The summed E-state index contributed by atoms with van der Waals surface area (Å²) in [6.07, 6.45) is 0. The van der Waals surface area contributed by atoms with Gasteiger partial charge in [-0.1, -0.05) is 29.5 Å². The van der Waals surface area contributed by atoms with Crippen molar-refractivity contribution in [1.29, 1.82) is 0 Å². The zero-order chi connectivity index (χ0) is 21.1. The molecule has 156 valence electrons. The first kappa shape index (κ1) is 20.3. The zero-order valence-electron chi connectivity index (χ0n) is 17.8. The Kier molecular flexibility index (Phi) is 5.92. The number of amides is 1. The molecule has 1 fully saturated rings. The van der Waals surface area contributed by atoms with Crippen LogP contribution in [0.2, 0.25) is 0 Å². The van der Waals surface area contributed by atoms with Crippen LogP contribution >= 0.6 is 0 Å². The number of rotatable bonds is 5. The lowest BCUT2D eigenvalue weighted by molar-refractivity contribution is 0.102. The normalized spacial score (nSPS) is 15.3. The minimum Gasteiger partial charge on any atom is -0.321 e. The Morgan fingerprint density at radius 2 is 1.80 bits per heavy atom. The number of piperazine rings is 1. The van der Waals surface area contributed by atoms with Gasteiger partial charge in [0, 0.05) is 38.4 Å². The van der Waals surface area contributed by atoms with Crippen LogP contribution in [-0.2, 0) is 6.54 Å². The standard InChI is InChI=1S/C23H28N6O/c1-17-6-4-9-21(14-17)29-18(2)22(25-26-29)23(30)24-20-8-5-7-19(15-20)16-28-12-10-27(3)11-13-28/h4-9,14-15H,10-13,16H2,1-3H3,(H,24,30). The van der Waals surface area contributed by atoms with Crippen LogP contribution in [0.15, 0.2) is 48.5 Å². The van der Waals surface area contributed by atoms with Gasteiger partial charge in [0.25, 0.3) is 5.91 Å². The molecule has 1 amide bonds. The molecule has 1 aliphatic rings. The molecule has 2 aromatic carbocycles. The second-order valence-corrected chi connectivity index (χ2v) is 8.01. The quantitative estimate of drug-likeness (QED) is 0.708. The van der Waals surface area contributed by atoms with E-state index in [1.54, 1.807) is 4.68 Å². The van der Waals surface area contributed by atoms with Crippen molar-refractivity contribution >= 4 is 11.6 Å². The van der Waals surface area contributed by atoms with E-state index in [2.05, 4.69) is 38.5 Å². The van der Waals surface area contributed by atoms with Gasteiger partial charge in [-0.15, -0.1) is 5.10 Å². The Balaban J connectivity index is 1.45. The van der Waals surface area contributed by atoms with Gasteiger partial charge in [-0.2, -0.15) is 0 Å². The fourth-order valence-electron chi connectivity index (χ4n) is 3.75. The van der Waals surface area contributed by atoms with E-state index >= 15 is 0 Å². The van der Waals surface area contributed by atoms with E-state index in [1.807, 2.05) is 56.3 Å². The number of hydrogen-bond acceptors (Lipinski definition) is 5. The number of likely N-dealkylation sites (N-methyl/N-ethyl adjacent to an activating group) is 1. The number of aryl methyl sites for hydroxylation is 1. The van der Waals surface area contributed by atoms with Crippen molar-refractivity contribution in [3.05, 3.63) is 71.0 Å². The minimum atomic E-state index is -0.247. The van der Waals surface area contributed by atoms with Crippen molar-refractivity contribution in [1.82, 2.24) is 24.8 Å². The number of hydrogen-bond donors (Lipinski definition) is 1. The molecular formula is C23H28N6O. The Morgan fingerprint density at radius 1 is 1.03 bits per heavy atom. The number of carbonyl (C=O) groups excluding carboxylic acids is 1. The van der Waals surface area contributed by atoms with Crippen LogP contribution < -0.4 is 5.32 Å². The molecule has 1 N–H and O–H groups in total. The van der Waals surface area contributed by atoms with E-state index in [-0.39, 0.29) is 5.91 Å². The third kappa shape index (κ3) is 4.58. The van der Waals surface area contributed by atoms with Crippen LogP contribution in [0.4, 0.5) is 5.69 Å². The van der Waals surface area contributed by atoms with Crippen molar-refractivity contribution in [2.45, 2.75) is 20.4 Å². The summed E-state index contributed by atoms with van der Waals surface area (Å²) >= 11 is 0. The zero-order valence-corrected chi connectivity index (χ0v) is 17.8. The Bertz CT molecular complexity index is 1040. The first-order valence-corrected chi connectivity index (χ1v) is 10.3. The monoisotopic (exact) mass is 404 g/mol. The molecule has 0 saturated carbocycles. The van der Waals surface area contributed by atoms with Gasteiger partial charge in [0.1, 0.15) is 0 Å². The number of benzene rings is 2. The van der Waals surface area contributed by atoms with Gasteiger partial charge < -0.3 is 10.2 Å². The summed E-state index contributed by atoms with van der Waals surface area (Å²) < 4.78 is 1.70. The fraction of sp³-hybridized carbons (Fsp3) is 0.348. The highest BCUT2D eigenvalue weighted by Crippen LogP contribution is 2.17. The van der Waals surface area contributed by atoms with Gasteiger partial charge in [-0.25, -0.2) is 4.68 Å². The number of nitrogens with zero attached hydrogens (tertiary/aromatic N) is 5. The van der Waals surface area contributed by atoms with Crippen LogP contribution in [0.3, 0.4) is 0 Å². The van der Waals surface area contributed by atoms with E-state index in [0.717, 1.165) is 49.7 Å². The molecule has 0 spiro atoms. The largest absolute Gasteiger partial charge is 0.321 e. The topological polar surface area (TPSA) is 66.3 Å². The maximum Gasteiger partial charge on any atom is 0.278 e. The van der Waals surface area contributed by atoms with Gasteiger partial charge in [0.05, 0.1) is 11.4 Å². The molecule has 4 rings (SSSR count). The van der Waals surface area contributed by atoms with Crippen molar-refractivity contribution in [2.75, 3.05) is 38.5 Å². The molecule has 1 saturated heterocycles. The highest BCUT2D eigenvalue weighted by molar-refractivity contribution is 6.03.